The molecule has 1 N–H and O–H groups in total. The third-order valence-electron chi connectivity index (χ3n) is 2.91. The number of hydrogen-bond donors (Lipinski definition) is 1. The smallest absolute Gasteiger partial charge is 0.230 e. The van der Waals surface area contributed by atoms with E-state index in [9.17, 15) is 4.79 Å². The molecule has 0 spiro atoms. The highest BCUT2D eigenvalue weighted by molar-refractivity contribution is 7.99. The summed E-state index contributed by atoms with van der Waals surface area (Å²) < 4.78 is 5.77. The van der Waals surface area contributed by atoms with Gasteiger partial charge >= 0.3 is 0 Å². The lowest BCUT2D eigenvalue weighted by atomic mass is 10.2. The van der Waals surface area contributed by atoms with Crippen molar-refractivity contribution >= 4 is 17.7 Å². The Morgan fingerprint density at radius 1 is 1.10 bits per heavy atom. The van der Waals surface area contributed by atoms with E-state index in [2.05, 4.69) is 5.32 Å². The van der Waals surface area contributed by atoms with Crippen LogP contribution in [0.3, 0.4) is 0 Å². The molecule has 0 aliphatic rings. The molecule has 2 aromatic carbocycles. The number of amides is 1. The summed E-state index contributed by atoms with van der Waals surface area (Å²) in [6.45, 7) is 1.07. The molecule has 4 heteroatoms. The minimum absolute atomic E-state index is 0.0538. The van der Waals surface area contributed by atoms with Crippen molar-refractivity contribution in [2.75, 3.05) is 12.0 Å². The molecule has 21 heavy (non-hydrogen) atoms. The quantitative estimate of drug-likeness (QED) is 0.853. The Morgan fingerprint density at radius 3 is 2.62 bits per heavy atom. The first-order valence-electron chi connectivity index (χ1n) is 6.79. The van der Waals surface area contributed by atoms with Crippen LogP contribution in [0.4, 0.5) is 0 Å². The molecular formula is C17H19NO2S. The average molecular weight is 301 g/mol. The Bertz CT molecular complexity index is 572. The van der Waals surface area contributed by atoms with E-state index in [1.54, 1.807) is 0 Å². The van der Waals surface area contributed by atoms with Gasteiger partial charge in [-0.15, -0.1) is 0 Å². The molecule has 0 fully saturated rings. The van der Waals surface area contributed by atoms with Gasteiger partial charge in [0.05, 0.1) is 5.75 Å². The van der Waals surface area contributed by atoms with Crippen LogP contribution >= 0.6 is 11.8 Å². The summed E-state index contributed by atoms with van der Waals surface area (Å²) in [5.74, 6) is 1.36. The standard InChI is InChI=1S/C17H19NO2S/c1-21-13-17(19)18-11-15-8-5-9-16(10-15)20-12-14-6-3-2-4-7-14/h2-10H,11-13H2,1H3,(H,18,19). The number of ether oxygens (including phenoxy) is 1. The number of carbonyl (C=O) groups excluding carboxylic acids is 1. The van der Waals surface area contributed by atoms with E-state index in [4.69, 9.17) is 4.74 Å². The minimum Gasteiger partial charge on any atom is -0.489 e. The van der Waals surface area contributed by atoms with Crippen LogP contribution in [0.15, 0.2) is 54.6 Å². The molecule has 0 aliphatic heterocycles. The van der Waals surface area contributed by atoms with Crippen LogP contribution in [0.25, 0.3) is 0 Å². The Balaban J connectivity index is 1.87. The number of thioether (sulfide) groups is 1. The maximum absolute atomic E-state index is 11.4. The van der Waals surface area contributed by atoms with Crippen LogP contribution < -0.4 is 10.1 Å². The third-order valence-corrected chi connectivity index (χ3v) is 3.46. The van der Waals surface area contributed by atoms with Gasteiger partial charge in [0.2, 0.25) is 5.91 Å². The zero-order valence-corrected chi connectivity index (χ0v) is 12.9. The lowest BCUT2D eigenvalue weighted by Crippen LogP contribution is -2.24. The van der Waals surface area contributed by atoms with Crippen LogP contribution in [0.5, 0.6) is 5.75 Å². The Hall–Kier alpha value is -1.94. The van der Waals surface area contributed by atoms with E-state index in [0.29, 0.717) is 18.9 Å². The van der Waals surface area contributed by atoms with E-state index >= 15 is 0 Å². The van der Waals surface area contributed by atoms with Gasteiger partial charge in [-0.2, -0.15) is 11.8 Å². The second-order valence-corrected chi connectivity index (χ2v) is 5.50. The minimum atomic E-state index is 0.0538. The molecule has 0 unspecified atom stereocenters. The van der Waals surface area contributed by atoms with E-state index < -0.39 is 0 Å². The third kappa shape index (κ3) is 5.52. The molecule has 0 aliphatic carbocycles. The lowest BCUT2D eigenvalue weighted by Gasteiger charge is -2.09. The molecule has 2 aromatic rings. The monoisotopic (exact) mass is 301 g/mol. The Morgan fingerprint density at radius 2 is 1.86 bits per heavy atom. The van der Waals surface area contributed by atoms with E-state index in [0.717, 1.165) is 16.9 Å². The van der Waals surface area contributed by atoms with Crippen LogP contribution in [0, 0.1) is 0 Å². The van der Waals surface area contributed by atoms with Crippen molar-refractivity contribution in [1.82, 2.24) is 5.32 Å². The fraction of sp³-hybridized carbons (Fsp3) is 0.235. The summed E-state index contributed by atoms with van der Waals surface area (Å²) >= 11 is 1.52. The number of hydrogen-bond acceptors (Lipinski definition) is 3. The fourth-order valence-corrected chi connectivity index (χ4v) is 2.23. The maximum Gasteiger partial charge on any atom is 0.230 e. The molecule has 2 rings (SSSR count). The van der Waals surface area contributed by atoms with Gasteiger partial charge in [-0.3, -0.25) is 4.79 Å². The van der Waals surface area contributed by atoms with Crippen molar-refractivity contribution in [1.29, 1.82) is 0 Å². The molecule has 0 heterocycles. The number of rotatable bonds is 7. The van der Waals surface area contributed by atoms with Crippen molar-refractivity contribution < 1.29 is 9.53 Å². The Kier molecular flexibility index (Phi) is 6.16. The molecule has 110 valence electrons. The summed E-state index contributed by atoms with van der Waals surface area (Å²) in [6, 6.07) is 17.9. The van der Waals surface area contributed by atoms with Crippen LogP contribution in [-0.2, 0) is 17.9 Å². The molecule has 3 nitrogen and oxygen atoms in total. The summed E-state index contributed by atoms with van der Waals surface area (Å²) in [5.41, 5.74) is 2.17. The van der Waals surface area contributed by atoms with Crippen LogP contribution in [-0.4, -0.2) is 17.9 Å². The predicted octanol–water partition coefficient (Wildman–Crippen LogP) is 3.24. The largest absolute Gasteiger partial charge is 0.489 e. The molecule has 0 saturated heterocycles. The second kappa shape index (κ2) is 8.37. The van der Waals surface area contributed by atoms with Gasteiger partial charge in [0, 0.05) is 6.54 Å². The van der Waals surface area contributed by atoms with Gasteiger partial charge in [0.1, 0.15) is 12.4 Å². The van der Waals surface area contributed by atoms with E-state index in [1.165, 1.54) is 11.8 Å². The summed E-state index contributed by atoms with van der Waals surface area (Å²) in [6.07, 6.45) is 1.91. The van der Waals surface area contributed by atoms with Crippen molar-refractivity contribution in [2.45, 2.75) is 13.2 Å². The molecule has 0 bridgehead atoms. The van der Waals surface area contributed by atoms with Gasteiger partial charge in [-0.25, -0.2) is 0 Å². The van der Waals surface area contributed by atoms with Crippen LogP contribution in [0.2, 0.25) is 0 Å². The second-order valence-electron chi connectivity index (χ2n) is 4.63. The number of benzene rings is 2. The van der Waals surface area contributed by atoms with Crippen molar-refractivity contribution in [3.8, 4) is 5.75 Å². The zero-order valence-electron chi connectivity index (χ0n) is 12.0. The first kappa shape index (κ1) is 15.4. The van der Waals surface area contributed by atoms with Gasteiger partial charge in [0.15, 0.2) is 0 Å². The molecule has 0 saturated carbocycles. The predicted molar refractivity (Wildman–Crippen MR) is 87.4 cm³/mol. The molecule has 0 aromatic heterocycles. The SMILES string of the molecule is CSCC(=O)NCc1cccc(OCc2ccccc2)c1. The number of carbonyl (C=O) groups is 1. The van der Waals surface area contributed by atoms with Crippen molar-refractivity contribution in [3.63, 3.8) is 0 Å². The first-order chi connectivity index (χ1) is 10.3. The van der Waals surface area contributed by atoms with Gasteiger partial charge in [-0.1, -0.05) is 42.5 Å². The molecular weight excluding hydrogens is 282 g/mol. The van der Waals surface area contributed by atoms with E-state index in [1.807, 2.05) is 60.9 Å². The lowest BCUT2D eigenvalue weighted by molar-refractivity contribution is -0.118. The summed E-state index contributed by atoms with van der Waals surface area (Å²) in [7, 11) is 0. The maximum atomic E-state index is 11.4. The van der Waals surface area contributed by atoms with Gasteiger partial charge < -0.3 is 10.1 Å². The first-order valence-corrected chi connectivity index (χ1v) is 8.18. The highest BCUT2D eigenvalue weighted by Gasteiger charge is 2.01. The average Bonchev–Trinajstić information content (AvgIpc) is 2.53. The highest BCUT2D eigenvalue weighted by atomic mass is 32.2. The van der Waals surface area contributed by atoms with Gasteiger partial charge in [-0.05, 0) is 29.5 Å². The van der Waals surface area contributed by atoms with Crippen LogP contribution in [0.1, 0.15) is 11.1 Å². The van der Waals surface area contributed by atoms with Crippen molar-refractivity contribution in [2.24, 2.45) is 0 Å². The normalized spacial score (nSPS) is 10.1. The molecule has 0 radical (unpaired) electrons. The molecule has 0 atom stereocenters. The highest BCUT2D eigenvalue weighted by Crippen LogP contribution is 2.15. The summed E-state index contributed by atoms with van der Waals surface area (Å²) in [4.78, 5) is 11.4. The van der Waals surface area contributed by atoms with E-state index in [-0.39, 0.29) is 5.91 Å². The van der Waals surface area contributed by atoms with Gasteiger partial charge in [0.25, 0.3) is 0 Å². The Labute approximate surface area is 129 Å². The summed E-state index contributed by atoms with van der Waals surface area (Å²) in [5, 5.41) is 2.89. The zero-order chi connectivity index (χ0) is 14.9. The fourth-order valence-electron chi connectivity index (χ4n) is 1.87. The molecule has 1 amide bonds. The topological polar surface area (TPSA) is 38.3 Å². The van der Waals surface area contributed by atoms with Crippen molar-refractivity contribution in [3.05, 3.63) is 65.7 Å². The number of nitrogens with one attached hydrogen (secondary N) is 1.